The summed E-state index contributed by atoms with van der Waals surface area (Å²) in [7, 11) is 0. The molecule has 1 aromatic rings. The van der Waals surface area contributed by atoms with E-state index in [-0.39, 0.29) is 0 Å². The zero-order valence-electron chi connectivity index (χ0n) is 12.8. The Morgan fingerprint density at radius 3 is 3.05 bits per heavy atom. The molecule has 0 fully saturated rings. The van der Waals surface area contributed by atoms with E-state index in [0.29, 0.717) is 6.04 Å². The lowest BCUT2D eigenvalue weighted by Gasteiger charge is -2.28. The maximum absolute atomic E-state index is 6.01. The Balaban J connectivity index is 2.04. The van der Waals surface area contributed by atoms with Crippen molar-refractivity contribution in [3.05, 3.63) is 29.3 Å². The average Bonchev–Trinajstić information content (AvgIpc) is 2.49. The first-order chi connectivity index (χ1) is 9.86. The summed E-state index contributed by atoms with van der Waals surface area (Å²) in [5.74, 6) is 3.36. The molecule has 0 saturated carbocycles. The molecule has 3 heteroatoms. The van der Waals surface area contributed by atoms with E-state index in [0.717, 1.165) is 31.1 Å². The molecule has 0 bridgehead atoms. The Labute approximate surface area is 127 Å². The topological polar surface area (TPSA) is 21.3 Å². The predicted molar refractivity (Wildman–Crippen MR) is 88.9 cm³/mol. The van der Waals surface area contributed by atoms with E-state index in [2.05, 4.69) is 37.4 Å². The van der Waals surface area contributed by atoms with Crippen molar-refractivity contribution in [3.63, 3.8) is 0 Å². The number of hydrogen-bond donors (Lipinski definition) is 1. The minimum Gasteiger partial charge on any atom is -0.492 e. The maximum atomic E-state index is 6.01. The van der Waals surface area contributed by atoms with Crippen molar-refractivity contribution < 1.29 is 4.74 Å². The van der Waals surface area contributed by atoms with Gasteiger partial charge in [-0.05, 0) is 55.2 Å². The zero-order chi connectivity index (χ0) is 14.2. The first-order valence-corrected chi connectivity index (χ1v) is 9.08. The number of fused-ring (bicyclic) bond motifs is 1. The van der Waals surface area contributed by atoms with Crippen molar-refractivity contribution >= 4 is 11.8 Å². The fraction of sp³-hybridized carbons (Fsp3) is 0.647. The van der Waals surface area contributed by atoms with Crippen LogP contribution in [0.4, 0.5) is 0 Å². The summed E-state index contributed by atoms with van der Waals surface area (Å²) < 4.78 is 6.01. The molecular formula is C17H27NOS. The molecule has 1 aliphatic rings. The minimum absolute atomic E-state index is 0.521. The molecule has 2 nitrogen and oxygen atoms in total. The largest absolute Gasteiger partial charge is 0.492 e. The number of nitrogens with one attached hydrogen (secondary N) is 1. The molecule has 1 atom stereocenters. The Kier molecular flexibility index (Phi) is 6.74. The van der Waals surface area contributed by atoms with Gasteiger partial charge in [0.05, 0.1) is 6.61 Å². The van der Waals surface area contributed by atoms with Crippen LogP contribution in [0.15, 0.2) is 18.2 Å². The third-order valence-corrected chi connectivity index (χ3v) is 4.66. The molecule has 112 valence electrons. The molecule has 0 saturated heterocycles. The Bertz CT molecular complexity index is 408. The number of rotatable bonds is 8. The van der Waals surface area contributed by atoms with Gasteiger partial charge >= 0.3 is 0 Å². The van der Waals surface area contributed by atoms with E-state index in [1.54, 1.807) is 0 Å². The van der Waals surface area contributed by atoms with Crippen molar-refractivity contribution in [2.45, 2.75) is 45.6 Å². The van der Waals surface area contributed by atoms with Gasteiger partial charge < -0.3 is 10.1 Å². The molecule has 1 unspecified atom stereocenters. The van der Waals surface area contributed by atoms with Gasteiger partial charge in [0.15, 0.2) is 0 Å². The van der Waals surface area contributed by atoms with Crippen LogP contribution >= 0.6 is 11.8 Å². The summed E-state index contributed by atoms with van der Waals surface area (Å²) in [5, 5.41) is 3.67. The summed E-state index contributed by atoms with van der Waals surface area (Å²) in [6.45, 7) is 6.34. The number of thioether (sulfide) groups is 1. The molecule has 1 N–H and O–H groups in total. The molecule has 0 spiro atoms. The van der Waals surface area contributed by atoms with Crippen LogP contribution in [0.25, 0.3) is 0 Å². The minimum atomic E-state index is 0.521. The van der Waals surface area contributed by atoms with E-state index in [9.17, 15) is 0 Å². The van der Waals surface area contributed by atoms with E-state index in [1.807, 2.05) is 11.8 Å². The molecule has 20 heavy (non-hydrogen) atoms. The van der Waals surface area contributed by atoms with Crippen LogP contribution in [0.1, 0.15) is 50.3 Å². The lowest BCUT2D eigenvalue weighted by molar-refractivity contribution is 0.335. The average molecular weight is 293 g/mol. The summed E-state index contributed by atoms with van der Waals surface area (Å²) in [6.07, 6.45) is 4.87. The lowest BCUT2D eigenvalue weighted by atomic mass is 9.87. The molecule has 1 aliphatic carbocycles. The number of hydrogen-bond acceptors (Lipinski definition) is 3. The number of ether oxygens (including phenoxy) is 1. The van der Waals surface area contributed by atoms with Gasteiger partial charge in [-0.1, -0.05) is 26.0 Å². The molecule has 2 rings (SSSR count). The first kappa shape index (κ1) is 15.7. The smallest absolute Gasteiger partial charge is 0.122 e. The van der Waals surface area contributed by atoms with Crippen molar-refractivity contribution in [1.29, 1.82) is 0 Å². The fourth-order valence-electron chi connectivity index (χ4n) is 2.84. The summed E-state index contributed by atoms with van der Waals surface area (Å²) in [4.78, 5) is 0. The second kappa shape index (κ2) is 8.58. The molecular weight excluding hydrogens is 266 g/mol. The predicted octanol–water partition coefficient (Wildman–Crippen LogP) is 4.20. The van der Waals surface area contributed by atoms with Crippen LogP contribution in [-0.4, -0.2) is 24.7 Å². The van der Waals surface area contributed by atoms with Gasteiger partial charge in [0.25, 0.3) is 0 Å². The lowest BCUT2D eigenvalue weighted by Crippen LogP contribution is -2.26. The molecule has 0 aliphatic heterocycles. The molecule has 0 radical (unpaired) electrons. The van der Waals surface area contributed by atoms with Crippen LogP contribution in [0.5, 0.6) is 5.75 Å². The molecule has 0 amide bonds. The zero-order valence-corrected chi connectivity index (χ0v) is 13.6. The highest BCUT2D eigenvalue weighted by atomic mass is 32.2. The Morgan fingerprint density at radius 1 is 1.35 bits per heavy atom. The van der Waals surface area contributed by atoms with Gasteiger partial charge in [0.1, 0.15) is 5.75 Å². The third kappa shape index (κ3) is 4.16. The fourth-order valence-corrected chi connectivity index (χ4v) is 3.33. The second-order valence-corrected chi connectivity index (χ2v) is 6.66. The molecule has 1 aromatic carbocycles. The maximum Gasteiger partial charge on any atom is 0.122 e. The number of benzene rings is 1. The van der Waals surface area contributed by atoms with Crippen molar-refractivity contribution in [3.8, 4) is 5.75 Å². The van der Waals surface area contributed by atoms with Gasteiger partial charge in [0.2, 0.25) is 0 Å². The van der Waals surface area contributed by atoms with E-state index in [4.69, 9.17) is 4.74 Å². The standard InChI is InChI=1S/C17H27NOS/c1-3-11-18-16-9-5-8-15-14(16)7-6-10-17(15)19-12-13-20-4-2/h6-7,10,16,18H,3-5,8-9,11-13H2,1-2H3. The van der Waals surface area contributed by atoms with Crippen molar-refractivity contribution in [2.24, 2.45) is 0 Å². The summed E-state index contributed by atoms with van der Waals surface area (Å²) in [6, 6.07) is 7.08. The van der Waals surface area contributed by atoms with Gasteiger partial charge in [-0.15, -0.1) is 0 Å². The quantitative estimate of drug-likeness (QED) is 0.726. The van der Waals surface area contributed by atoms with Gasteiger partial charge in [-0.25, -0.2) is 0 Å². The van der Waals surface area contributed by atoms with Crippen LogP contribution in [0.2, 0.25) is 0 Å². The third-order valence-electron chi connectivity index (χ3n) is 3.79. The van der Waals surface area contributed by atoms with E-state index >= 15 is 0 Å². The normalized spacial score (nSPS) is 17.8. The van der Waals surface area contributed by atoms with Crippen LogP contribution in [-0.2, 0) is 6.42 Å². The van der Waals surface area contributed by atoms with E-state index < -0.39 is 0 Å². The van der Waals surface area contributed by atoms with Gasteiger partial charge in [-0.3, -0.25) is 0 Å². The van der Waals surface area contributed by atoms with Crippen LogP contribution < -0.4 is 10.1 Å². The first-order valence-electron chi connectivity index (χ1n) is 7.92. The van der Waals surface area contributed by atoms with Crippen LogP contribution in [0.3, 0.4) is 0 Å². The summed E-state index contributed by atoms with van der Waals surface area (Å²) in [5.41, 5.74) is 2.90. The molecule has 0 heterocycles. The Hall–Kier alpha value is -0.670. The second-order valence-electron chi connectivity index (χ2n) is 5.27. The van der Waals surface area contributed by atoms with Crippen molar-refractivity contribution in [1.82, 2.24) is 5.32 Å². The highest BCUT2D eigenvalue weighted by Gasteiger charge is 2.22. The monoisotopic (exact) mass is 293 g/mol. The SMILES string of the molecule is CCCNC1CCCc2c(OCCSCC)cccc21. The van der Waals surface area contributed by atoms with Crippen molar-refractivity contribution in [2.75, 3.05) is 24.7 Å². The summed E-state index contributed by atoms with van der Waals surface area (Å²) >= 11 is 1.94. The Morgan fingerprint density at radius 2 is 2.25 bits per heavy atom. The van der Waals surface area contributed by atoms with Crippen LogP contribution in [0, 0.1) is 0 Å². The highest BCUT2D eigenvalue weighted by Crippen LogP contribution is 2.35. The van der Waals surface area contributed by atoms with Gasteiger partial charge in [0, 0.05) is 11.8 Å². The van der Waals surface area contributed by atoms with E-state index in [1.165, 1.54) is 36.1 Å². The van der Waals surface area contributed by atoms with Gasteiger partial charge in [-0.2, -0.15) is 11.8 Å². The highest BCUT2D eigenvalue weighted by molar-refractivity contribution is 7.99. The molecule has 0 aromatic heterocycles.